The highest BCUT2D eigenvalue weighted by Gasteiger charge is 2.45. The lowest BCUT2D eigenvalue weighted by molar-refractivity contribution is -0.146. The number of rotatable bonds is 6. The summed E-state index contributed by atoms with van der Waals surface area (Å²) in [6, 6.07) is 12.3. The summed E-state index contributed by atoms with van der Waals surface area (Å²) in [5, 5.41) is 3.07. The first-order valence-corrected chi connectivity index (χ1v) is 11.2. The number of hydrogen-bond acceptors (Lipinski definition) is 3. The van der Waals surface area contributed by atoms with Crippen molar-refractivity contribution in [2.24, 2.45) is 11.3 Å². The van der Waals surface area contributed by atoms with Crippen molar-refractivity contribution in [2.45, 2.75) is 45.4 Å². The number of hydrogen-bond donors (Lipinski definition) is 1. The molecule has 1 saturated carbocycles. The molecule has 1 saturated heterocycles. The molecule has 2 fully saturated rings. The molecule has 4 rings (SSSR count). The molecule has 1 aliphatic carbocycles. The fourth-order valence-corrected chi connectivity index (χ4v) is 4.84. The normalized spacial score (nSPS) is 21.7. The van der Waals surface area contributed by atoms with Crippen LogP contribution in [-0.4, -0.2) is 41.3 Å². The Balaban J connectivity index is 1.65. The third kappa shape index (κ3) is 4.11. The Morgan fingerprint density at radius 2 is 1.90 bits per heavy atom. The molecule has 1 aromatic carbocycles. The van der Waals surface area contributed by atoms with E-state index in [0.717, 1.165) is 55.3 Å². The Labute approximate surface area is 178 Å². The number of nitrogens with one attached hydrogen (secondary N) is 1. The van der Waals surface area contributed by atoms with Gasteiger partial charge in [0.05, 0.1) is 5.41 Å². The van der Waals surface area contributed by atoms with Gasteiger partial charge in [-0.2, -0.15) is 0 Å². The van der Waals surface area contributed by atoms with Crippen molar-refractivity contribution in [1.82, 2.24) is 15.2 Å². The average Bonchev–Trinajstić information content (AvgIpc) is 2.74. The molecule has 2 aromatic rings. The zero-order chi connectivity index (χ0) is 21.0. The van der Waals surface area contributed by atoms with Gasteiger partial charge in [-0.1, -0.05) is 30.7 Å². The summed E-state index contributed by atoms with van der Waals surface area (Å²) < 4.78 is 0. The standard InChI is InChI=1S/C25H31N3O2/c1-2-27-24(30)25(13-6-16-28(18-25)23(29)20-8-5-9-20)17-21-7-3-4-10-22(21)19-11-14-26-15-12-19/h3-4,7,10-12,14-15,20H,2,5-6,8-9,13,16-18H2,1H3,(H,27,30). The van der Waals surface area contributed by atoms with Crippen LogP contribution in [0.2, 0.25) is 0 Å². The van der Waals surface area contributed by atoms with E-state index in [-0.39, 0.29) is 17.7 Å². The average molecular weight is 406 g/mol. The number of benzene rings is 1. The molecule has 5 nitrogen and oxygen atoms in total. The number of aromatic nitrogens is 1. The van der Waals surface area contributed by atoms with Gasteiger partial charge in [-0.3, -0.25) is 14.6 Å². The van der Waals surface area contributed by atoms with Gasteiger partial charge in [0.1, 0.15) is 0 Å². The summed E-state index contributed by atoms with van der Waals surface area (Å²) in [5.74, 6) is 0.483. The second-order valence-corrected chi connectivity index (χ2v) is 8.70. The predicted octanol–water partition coefficient (Wildman–Crippen LogP) is 3.84. The monoisotopic (exact) mass is 405 g/mol. The van der Waals surface area contributed by atoms with E-state index < -0.39 is 5.41 Å². The maximum atomic E-state index is 13.3. The van der Waals surface area contributed by atoms with Gasteiger partial charge in [-0.15, -0.1) is 0 Å². The number of carbonyl (C=O) groups excluding carboxylic acids is 2. The number of amides is 2. The van der Waals surface area contributed by atoms with Crippen molar-refractivity contribution in [2.75, 3.05) is 19.6 Å². The fraction of sp³-hybridized carbons (Fsp3) is 0.480. The van der Waals surface area contributed by atoms with Gasteiger partial charge >= 0.3 is 0 Å². The van der Waals surface area contributed by atoms with E-state index in [1.165, 1.54) is 0 Å². The number of piperidine rings is 1. The van der Waals surface area contributed by atoms with Crippen LogP contribution in [0, 0.1) is 11.3 Å². The molecule has 2 aliphatic rings. The lowest BCUT2D eigenvalue weighted by Gasteiger charge is -2.44. The molecule has 0 bridgehead atoms. The molecule has 1 aromatic heterocycles. The summed E-state index contributed by atoms with van der Waals surface area (Å²) in [5.41, 5.74) is 2.79. The zero-order valence-electron chi connectivity index (χ0n) is 17.8. The van der Waals surface area contributed by atoms with Crippen LogP contribution in [0.4, 0.5) is 0 Å². The van der Waals surface area contributed by atoms with Gasteiger partial charge < -0.3 is 10.2 Å². The molecule has 1 aliphatic heterocycles. The van der Waals surface area contributed by atoms with E-state index in [4.69, 9.17) is 0 Å². The number of likely N-dealkylation sites (tertiary alicyclic amines) is 1. The summed E-state index contributed by atoms with van der Waals surface area (Å²) in [4.78, 5) is 32.4. The SMILES string of the molecule is CCNC(=O)C1(Cc2ccccc2-c2ccncc2)CCCN(C(=O)C2CCC2)C1. The maximum Gasteiger partial charge on any atom is 0.228 e. The molecule has 1 atom stereocenters. The summed E-state index contributed by atoms with van der Waals surface area (Å²) in [6.07, 6.45) is 9.03. The van der Waals surface area contributed by atoms with Crippen molar-refractivity contribution >= 4 is 11.8 Å². The lowest BCUT2D eigenvalue weighted by Crippen LogP contribution is -2.55. The first kappa shape index (κ1) is 20.6. The van der Waals surface area contributed by atoms with Gasteiger partial charge in [-0.25, -0.2) is 0 Å². The van der Waals surface area contributed by atoms with E-state index in [9.17, 15) is 9.59 Å². The number of carbonyl (C=O) groups is 2. The maximum absolute atomic E-state index is 13.3. The van der Waals surface area contributed by atoms with Crippen molar-refractivity contribution in [3.63, 3.8) is 0 Å². The lowest BCUT2D eigenvalue weighted by atomic mass is 9.72. The Kier molecular flexibility index (Phi) is 6.16. The van der Waals surface area contributed by atoms with Crippen LogP contribution in [-0.2, 0) is 16.0 Å². The first-order chi connectivity index (χ1) is 14.6. The second-order valence-electron chi connectivity index (χ2n) is 8.70. The molecule has 0 spiro atoms. The Morgan fingerprint density at radius 1 is 1.13 bits per heavy atom. The number of nitrogens with zero attached hydrogens (tertiary/aromatic N) is 2. The Morgan fingerprint density at radius 3 is 2.60 bits per heavy atom. The quantitative estimate of drug-likeness (QED) is 0.794. The molecule has 30 heavy (non-hydrogen) atoms. The number of pyridine rings is 1. The van der Waals surface area contributed by atoms with Crippen LogP contribution in [0.5, 0.6) is 0 Å². The van der Waals surface area contributed by atoms with Crippen LogP contribution in [0.25, 0.3) is 11.1 Å². The summed E-state index contributed by atoms with van der Waals surface area (Å²) in [7, 11) is 0. The molecule has 158 valence electrons. The Bertz CT molecular complexity index is 894. The van der Waals surface area contributed by atoms with E-state index in [0.29, 0.717) is 19.5 Å². The summed E-state index contributed by atoms with van der Waals surface area (Å²) >= 11 is 0. The fourth-order valence-electron chi connectivity index (χ4n) is 4.84. The largest absolute Gasteiger partial charge is 0.356 e. The zero-order valence-corrected chi connectivity index (χ0v) is 17.8. The molecule has 1 N–H and O–H groups in total. The first-order valence-electron chi connectivity index (χ1n) is 11.2. The Hall–Kier alpha value is -2.69. The molecule has 2 heterocycles. The molecular weight excluding hydrogens is 374 g/mol. The summed E-state index contributed by atoms with van der Waals surface area (Å²) in [6.45, 7) is 3.83. The van der Waals surface area contributed by atoms with Crippen molar-refractivity contribution in [3.8, 4) is 11.1 Å². The molecule has 2 amide bonds. The van der Waals surface area contributed by atoms with E-state index in [1.807, 2.05) is 36.1 Å². The van der Waals surface area contributed by atoms with Crippen LogP contribution in [0.3, 0.4) is 0 Å². The van der Waals surface area contributed by atoms with Crippen LogP contribution in [0.15, 0.2) is 48.8 Å². The third-order valence-corrected chi connectivity index (χ3v) is 6.70. The molecular formula is C25H31N3O2. The molecule has 0 radical (unpaired) electrons. The van der Waals surface area contributed by atoms with E-state index in [2.05, 4.69) is 22.4 Å². The van der Waals surface area contributed by atoms with Gasteiger partial charge in [-0.05, 0) is 67.9 Å². The highest BCUT2D eigenvalue weighted by molar-refractivity contribution is 5.86. The predicted molar refractivity (Wildman–Crippen MR) is 118 cm³/mol. The van der Waals surface area contributed by atoms with E-state index >= 15 is 0 Å². The minimum absolute atomic E-state index is 0.0700. The minimum atomic E-state index is -0.587. The van der Waals surface area contributed by atoms with Gasteiger partial charge in [0.15, 0.2) is 0 Å². The topological polar surface area (TPSA) is 62.3 Å². The van der Waals surface area contributed by atoms with Crippen molar-refractivity contribution in [1.29, 1.82) is 0 Å². The molecule has 5 heteroatoms. The van der Waals surface area contributed by atoms with Crippen molar-refractivity contribution in [3.05, 3.63) is 54.4 Å². The van der Waals surface area contributed by atoms with Crippen molar-refractivity contribution < 1.29 is 9.59 Å². The highest BCUT2D eigenvalue weighted by atomic mass is 16.2. The van der Waals surface area contributed by atoms with Crippen LogP contribution >= 0.6 is 0 Å². The second kappa shape index (κ2) is 8.99. The minimum Gasteiger partial charge on any atom is -0.356 e. The smallest absolute Gasteiger partial charge is 0.228 e. The van der Waals surface area contributed by atoms with Gasteiger partial charge in [0, 0.05) is 37.9 Å². The van der Waals surface area contributed by atoms with Crippen LogP contribution < -0.4 is 5.32 Å². The highest BCUT2D eigenvalue weighted by Crippen LogP contribution is 2.39. The van der Waals surface area contributed by atoms with Gasteiger partial charge in [0.25, 0.3) is 0 Å². The molecule has 1 unspecified atom stereocenters. The van der Waals surface area contributed by atoms with Gasteiger partial charge in [0.2, 0.25) is 11.8 Å². The third-order valence-electron chi connectivity index (χ3n) is 6.70. The van der Waals surface area contributed by atoms with E-state index in [1.54, 1.807) is 12.4 Å². The van der Waals surface area contributed by atoms with Crippen LogP contribution in [0.1, 0.15) is 44.6 Å².